The van der Waals surface area contributed by atoms with Crippen LogP contribution in [0.5, 0.6) is 0 Å². The fourth-order valence-corrected chi connectivity index (χ4v) is 2.28. The average Bonchev–Trinajstić information content (AvgIpc) is 2.38. The molecule has 0 unspecified atom stereocenters. The van der Waals surface area contributed by atoms with Gasteiger partial charge in [-0.05, 0) is 24.0 Å². The smallest absolute Gasteiger partial charge is 0.188 e. The van der Waals surface area contributed by atoms with Crippen LogP contribution >= 0.6 is 35.0 Å². The number of benzene rings is 1. The lowest BCUT2D eigenvalue weighted by Gasteiger charge is -2.06. The molecule has 6 heteroatoms. The van der Waals surface area contributed by atoms with Gasteiger partial charge in [0.2, 0.25) is 0 Å². The summed E-state index contributed by atoms with van der Waals surface area (Å²) in [5.74, 6) is 0. The zero-order valence-corrected chi connectivity index (χ0v) is 11.7. The molecule has 0 amide bonds. The topological polar surface area (TPSA) is 42.9 Å². The van der Waals surface area contributed by atoms with Gasteiger partial charge in [0.25, 0.3) is 0 Å². The second-order valence-electron chi connectivity index (χ2n) is 3.42. The van der Waals surface area contributed by atoms with Crippen LogP contribution in [0.25, 0.3) is 11.1 Å². The van der Waals surface area contributed by atoms with E-state index in [-0.39, 0.29) is 0 Å². The predicted octanol–water partition coefficient (Wildman–Crippen LogP) is 3.98. The van der Waals surface area contributed by atoms with Crippen LogP contribution in [-0.4, -0.2) is 22.5 Å². The third-order valence-electron chi connectivity index (χ3n) is 2.34. The van der Waals surface area contributed by atoms with Gasteiger partial charge in [-0.15, -0.1) is 0 Å². The molecule has 0 N–H and O–H groups in total. The number of nitrogens with zero attached hydrogens (tertiary/aromatic N) is 2. The summed E-state index contributed by atoms with van der Waals surface area (Å²) in [5.41, 5.74) is 1.91. The van der Waals surface area contributed by atoms with Crippen molar-refractivity contribution in [1.29, 1.82) is 0 Å². The van der Waals surface area contributed by atoms with Crippen molar-refractivity contribution in [1.82, 2.24) is 9.97 Å². The van der Waals surface area contributed by atoms with Crippen LogP contribution in [0.3, 0.4) is 0 Å². The van der Waals surface area contributed by atoms with Gasteiger partial charge in [-0.25, -0.2) is 9.97 Å². The number of aldehydes is 1. The normalized spacial score (nSPS) is 10.4. The van der Waals surface area contributed by atoms with Gasteiger partial charge in [0.1, 0.15) is 5.15 Å². The summed E-state index contributed by atoms with van der Waals surface area (Å²) in [6.07, 6.45) is 4.23. The van der Waals surface area contributed by atoms with E-state index in [0.717, 1.165) is 5.56 Å². The SMILES string of the molecule is CSc1ncc(-c2ccc(C=O)c(Cl)c2)c(Cl)n1. The molecule has 0 fully saturated rings. The van der Waals surface area contributed by atoms with Crippen molar-refractivity contribution in [3.8, 4) is 11.1 Å². The monoisotopic (exact) mass is 298 g/mol. The number of rotatable bonds is 3. The largest absolute Gasteiger partial charge is 0.298 e. The molecule has 1 heterocycles. The van der Waals surface area contributed by atoms with Crippen LogP contribution < -0.4 is 0 Å². The molecule has 2 aromatic rings. The number of halogens is 2. The maximum absolute atomic E-state index is 10.7. The average molecular weight is 299 g/mol. The highest BCUT2D eigenvalue weighted by atomic mass is 35.5. The molecule has 0 aliphatic rings. The Balaban J connectivity index is 2.48. The number of carbonyl (C=O) groups excluding carboxylic acids is 1. The lowest BCUT2D eigenvalue weighted by Crippen LogP contribution is -1.91. The summed E-state index contributed by atoms with van der Waals surface area (Å²) in [4.78, 5) is 19.0. The first-order chi connectivity index (χ1) is 8.65. The third-order valence-corrected chi connectivity index (χ3v) is 3.52. The van der Waals surface area contributed by atoms with Crippen molar-refractivity contribution < 1.29 is 4.79 Å². The van der Waals surface area contributed by atoms with Crippen molar-refractivity contribution in [2.45, 2.75) is 5.16 Å². The van der Waals surface area contributed by atoms with Crippen molar-refractivity contribution in [3.05, 3.63) is 40.1 Å². The first kappa shape index (κ1) is 13.3. The Morgan fingerprint density at radius 3 is 2.67 bits per heavy atom. The first-order valence-electron chi connectivity index (χ1n) is 4.97. The van der Waals surface area contributed by atoms with Gasteiger partial charge in [-0.2, -0.15) is 0 Å². The minimum Gasteiger partial charge on any atom is -0.298 e. The second-order valence-corrected chi connectivity index (χ2v) is 4.95. The van der Waals surface area contributed by atoms with Crippen LogP contribution in [0, 0.1) is 0 Å². The van der Waals surface area contributed by atoms with E-state index in [1.165, 1.54) is 11.8 Å². The molecular weight excluding hydrogens is 291 g/mol. The molecule has 1 aromatic heterocycles. The summed E-state index contributed by atoms with van der Waals surface area (Å²) in [6.45, 7) is 0. The molecular formula is C12H8Cl2N2OS. The molecule has 3 nitrogen and oxygen atoms in total. The number of hydrogen-bond donors (Lipinski definition) is 0. The summed E-state index contributed by atoms with van der Waals surface area (Å²) < 4.78 is 0. The Kier molecular flexibility index (Phi) is 4.22. The number of carbonyl (C=O) groups is 1. The van der Waals surface area contributed by atoms with Crippen molar-refractivity contribution >= 4 is 41.2 Å². The van der Waals surface area contributed by atoms with Crippen LogP contribution in [0.1, 0.15) is 10.4 Å². The summed E-state index contributed by atoms with van der Waals surface area (Å²) in [7, 11) is 0. The Morgan fingerprint density at radius 2 is 2.11 bits per heavy atom. The highest BCUT2D eigenvalue weighted by Crippen LogP contribution is 2.29. The van der Waals surface area contributed by atoms with E-state index in [9.17, 15) is 4.79 Å². The van der Waals surface area contributed by atoms with Crippen LogP contribution in [-0.2, 0) is 0 Å². The highest BCUT2D eigenvalue weighted by Gasteiger charge is 2.09. The van der Waals surface area contributed by atoms with E-state index in [4.69, 9.17) is 23.2 Å². The quantitative estimate of drug-likeness (QED) is 0.372. The van der Waals surface area contributed by atoms with E-state index in [2.05, 4.69) is 9.97 Å². The van der Waals surface area contributed by atoms with Crippen LogP contribution in [0.4, 0.5) is 0 Å². The second kappa shape index (κ2) is 5.69. The minimum absolute atomic E-state index is 0.365. The molecule has 0 radical (unpaired) electrons. The molecule has 0 spiro atoms. The van der Waals surface area contributed by atoms with E-state index in [1.54, 1.807) is 24.4 Å². The summed E-state index contributed by atoms with van der Waals surface area (Å²) >= 11 is 13.5. The van der Waals surface area contributed by atoms with Gasteiger partial charge in [-0.3, -0.25) is 4.79 Å². The predicted molar refractivity (Wildman–Crippen MR) is 74.7 cm³/mol. The van der Waals surface area contributed by atoms with E-state index in [1.807, 2.05) is 6.26 Å². The summed E-state index contributed by atoms with van der Waals surface area (Å²) in [6, 6.07) is 5.08. The van der Waals surface area contributed by atoms with Gasteiger partial charge in [0, 0.05) is 17.3 Å². The zero-order valence-electron chi connectivity index (χ0n) is 9.35. The fourth-order valence-electron chi connectivity index (χ4n) is 1.43. The van der Waals surface area contributed by atoms with Gasteiger partial charge in [0.05, 0.1) is 5.02 Å². The van der Waals surface area contributed by atoms with E-state index < -0.39 is 0 Å². The Hall–Kier alpha value is -1.10. The molecule has 0 aliphatic heterocycles. The minimum atomic E-state index is 0.365. The molecule has 0 saturated carbocycles. The Bertz CT molecular complexity index is 605. The molecule has 92 valence electrons. The highest BCUT2D eigenvalue weighted by molar-refractivity contribution is 7.98. The summed E-state index contributed by atoms with van der Waals surface area (Å²) in [5, 5.41) is 1.36. The number of aromatic nitrogens is 2. The maximum Gasteiger partial charge on any atom is 0.188 e. The molecule has 18 heavy (non-hydrogen) atoms. The van der Waals surface area contributed by atoms with Crippen molar-refractivity contribution in [3.63, 3.8) is 0 Å². The zero-order chi connectivity index (χ0) is 13.1. The van der Waals surface area contributed by atoms with Gasteiger partial charge in [-0.1, -0.05) is 41.0 Å². The van der Waals surface area contributed by atoms with Gasteiger partial charge in [0.15, 0.2) is 11.4 Å². The third kappa shape index (κ3) is 2.66. The Labute approximate surface area is 119 Å². The standard InChI is InChI=1S/C12H8Cl2N2OS/c1-18-12-15-5-9(11(14)16-12)7-2-3-8(6-17)10(13)4-7/h2-6H,1H3. The van der Waals surface area contributed by atoms with Crippen LogP contribution in [0.2, 0.25) is 10.2 Å². The number of hydrogen-bond acceptors (Lipinski definition) is 4. The molecule has 0 saturated heterocycles. The maximum atomic E-state index is 10.7. The Morgan fingerprint density at radius 1 is 1.33 bits per heavy atom. The van der Waals surface area contributed by atoms with Gasteiger partial charge < -0.3 is 0 Å². The van der Waals surface area contributed by atoms with Crippen LogP contribution in [0.15, 0.2) is 29.6 Å². The van der Waals surface area contributed by atoms with E-state index in [0.29, 0.717) is 32.7 Å². The lowest BCUT2D eigenvalue weighted by molar-refractivity contribution is 0.112. The molecule has 1 aromatic carbocycles. The lowest BCUT2D eigenvalue weighted by atomic mass is 10.1. The van der Waals surface area contributed by atoms with Crippen molar-refractivity contribution in [2.24, 2.45) is 0 Å². The fraction of sp³-hybridized carbons (Fsp3) is 0.0833. The molecule has 0 atom stereocenters. The molecule has 0 bridgehead atoms. The molecule has 2 rings (SSSR count). The van der Waals surface area contributed by atoms with E-state index >= 15 is 0 Å². The number of thioether (sulfide) groups is 1. The van der Waals surface area contributed by atoms with Crippen molar-refractivity contribution in [2.75, 3.05) is 6.26 Å². The first-order valence-corrected chi connectivity index (χ1v) is 6.95. The van der Waals surface area contributed by atoms with Gasteiger partial charge >= 0.3 is 0 Å². The molecule has 0 aliphatic carbocycles.